The molecule has 6 heteroatoms. The van der Waals surface area contributed by atoms with Crippen LogP contribution in [0.5, 0.6) is 0 Å². The summed E-state index contributed by atoms with van der Waals surface area (Å²) in [6.45, 7) is 6.80. The summed E-state index contributed by atoms with van der Waals surface area (Å²) in [5.74, 6) is -0.124. The molecule has 3 rings (SSSR count). The highest BCUT2D eigenvalue weighted by atomic mass is 35.5. The first kappa shape index (κ1) is 16.0. The number of β-amino-alcohol motifs (C(OH)–C–C–N with tert-alkyl or cyclic N) is 1. The smallest absolute Gasteiger partial charge is 0.257 e. The molecule has 2 aromatic rings. The summed E-state index contributed by atoms with van der Waals surface area (Å²) in [4.78, 5) is 14.4. The molecule has 1 amide bonds. The SMILES string of the molecule is CC(C)(C)n1cc(C(=O)N2CC(O)C2)c(-c2ccccc2Cl)n1. The van der Waals surface area contributed by atoms with Gasteiger partial charge in [-0.05, 0) is 26.8 Å². The first-order valence-corrected chi connectivity index (χ1v) is 7.97. The number of nitrogens with zero attached hydrogens (tertiary/aromatic N) is 3. The fourth-order valence-corrected chi connectivity index (χ4v) is 2.74. The van der Waals surface area contributed by atoms with Crippen molar-refractivity contribution in [3.8, 4) is 11.3 Å². The summed E-state index contributed by atoms with van der Waals surface area (Å²) in [5, 5.41) is 14.6. The van der Waals surface area contributed by atoms with E-state index in [4.69, 9.17) is 11.6 Å². The van der Waals surface area contributed by atoms with E-state index in [0.717, 1.165) is 5.56 Å². The van der Waals surface area contributed by atoms with Crippen molar-refractivity contribution in [3.05, 3.63) is 41.0 Å². The number of halogens is 1. The van der Waals surface area contributed by atoms with Crippen LogP contribution in [0.15, 0.2) is 30.5 Å². The summed E-state index contributed by atoms with van der Waals surface area (Å²) in [7, 11) is 0. The second-order valence-electron chi connectivity index (χ2n) is 6.85. The van der Waals surface area contributed by atoms with Gasteiger partial charge in [0.25, 0.3) is 5.91 Å². The largest absolute Gasteiger partial charge is 0.389 e. The van der Waals surface area contributed by atoms with E-state index in [1.807, 2.05) is 39.0 Å². The lowest BCUT2D eigenvalue weighted by molar-refractivity contribution is 0.00593. The zero-order valence-corrected chi connectivity index (χ0v) is 14.2. The van der Waals surface area contributed by atoms with Crippen LogP contribution in [0.1, 0.15) is 31.1 Å². The molecular weight excluding hydrogens is 314 g/mol. The molecule has 0 radical (unpaired) electrons. The quantitative estimate of drug-likeness (QED) is 0.919. The minimum atomic E-state index is -0.430. The average Bonchev–Trinajstić information content (AvgIpc) is 2.89. The molecule has 5 nitrogen and oxygen atoms in total. The van der Waals surface area contributed by atoms with Crippen LogP contribution in [0.4, 0.5) is 0 Å². The third-order valence-corrected chi connectivity index (χ3v) is 4.24. The summed E-state index contributed by atoms with van der Waals surface area (Å²) < 4.78 is 1.79. The third kappa shape index (κ3) is 2.99. The number of carbonyl (C=O) groups excluding carboxylic acids is 1. The Morgan fingerprint density at radius 1 is 1.30 bits per heavy atom. The van der Waals surface area contributed by atoms with E-state index < -0.39 is 6.10 Å². The van der Waals surface area contributed by atoms with E-state index in [-0.39, 0.29) is 11.4 Å². The zero-order valence-electron chi connectivity index (χ0n) is 13.5. The highest BCUT2D eigenvalue weighted by molar-refractivity contribution is 6.33. The molecule has 122 valence electrons. The first-order valence-electron chi connectivity index (χ1n) is 7.60. The van der Waals surface area contributed by atoms with Crippen LogP contribution in [-0.4, -0.2) is 44.9 Å². The van der Waals surface area contributed by atoms with E-state index in [9.17, 15) is 9.90 Å². The summed E-state index contributed by atoms with van der Waals surface area (Å²) in [6, 6.07) is 7.37. The van der Waals surface area contributed by atoms with Gasteiger partial charge in [-0.15, -0.1) is 0 Å². The van der Waals surface area contributed by atoms with Crippen LogP contribution in [0.3, 0.4) is 0 Å². The molecule has 1 saturated heterocycles. The number of hydrogen-bond donors (Lipinski definition) is 1. The normalized spacial score (nSPS) is 15.6. The van der Waals surface area contributed by atoms with Gasteiger partial charge in [0, 0.05) is 24.8 Å². The molecule has 23 heavy (non-hydrogen) atoms. The monoisotopic (exact) mass is 333 g/mol. The second kappa shape index (κ2) is 5.65. The lowest BCUT2D eigenvalue weighted by atomic mass is 10.0. The van der Waals surface area contributed by atoms with Gasteiger partial charge in [-0.3, -0.25) is 9.48 Å². The van der Waals surface area contributed by atoms with Gasteiger partial charge < -0.3 is 10.0 Å². The van der Waals surface area contributed by atoms with E-state index >= 15 is 0 Å². The molecule has 1 N–H and O–H groups in total. The Hall–Kier alpha value is -1.85. The number of benzene rings is 1. The number of hydrogen-bond acceptors (Lipinski definition) is 3. The van der Waals surface area contributed by atoms with E-state index in [1.165, 1.54) is 0 Å². The summed E-state index contributed by atoms with van der Waals surface area (Å²) in [5.41, 5.74) is 1.58. The van der Waals surface area contributed by atoms with Crippen molar-refractivity contribution in [2.75, 3.05) is 13.1 Å². The molecule has 0 saturated carbocycles. The topological polar surface area (TPSA) is 58.4 Å². The Labute approximate surface area is 140 Å². The number of aromatic nitrogens is 2. The number of likely N-dealkylation sites (tertiary alicyclic amines) is 1. The molecular formula is C17H20ClN3O2. The first-order chi connectivity index (χ1) is 10.8. The number of carbonyl (C=O) groups is 1. The predicted molar refractivity (Wildman–Crippen MR) is 89.6 cm³/mol. The second-order valence-corrected chi connectivity index (χ2v) is 7.26. The van der Waals surface area contributed by atoms with Crippen molar-refractivity contribution in [3.63, 3.8) is 0 Å². The van der Waals surface area contributed by atoms with Gasteiger partial charge in [-0.25, -0.2) is 0 Å². The predicted octanol–water partition coefficient (Wildman–Crippen LogP) is 2.78. The maximum atomic E-state index is 12.7. The Bertz CT molecular complexity index is 743. The van der Waals surface area contributed by atoms with Crippen molar-refractivity contribution >= 4 is 17.5 Å². The lowest BCUT2D eigenvalue weighted by Gasteiger charge is -2.35. The van der Waals surface area contributed by atoms with Crippen LogP contribution in [0, 0.1) is 0 Å². The molecule has 1 aromatic carbocycles. The van der Waals surface area contributed by atoms with E-state index in [2.05, 4.69) is 5.10 Å². The molecule has 1 aliphatic rings. The van der Waals surface area contributed by atoms with E-state index in [0.29, 0.717) is 29.4 Å². The van der Waals surface area contributed by atoms with Crippen LogP contribution in [0.2, 0.25) is 5.02 Å². The Balaban J connectivity index is 2.08. The van der Waals surface area contributed by atoms with Gasteiger partial charge >= 0.3 is 0 Å². The standard InChI is InChI=1S/C17H20ClN3O2/c1-17(2,3)21-10-13(16(23)20-8-11(22)9-20)15(19-21)12-6-4-5-7-14(12)18/h4-7,10-11,22H,8-9H2,1-3H3. The van der Waals surface area contributed by atoms with Gasteiger partial charge in [0.05, 0.1) is 22.2 Å². The van der Waals surface area contributed by atoms with Crippen LogP contribution < -0.4 is 0 Å². The van der Waals surface area contributed by atoms with Gasteiger partial charge in [-0.2, -0.15) is 5.10 Å². The fourth-order valence-electron chi connectivity index (χ4n) is 2.52. The number of aliphatic hydroxyl groups excluding tert-OH is 1. The van der Waals surface area contributed by atoms with E-state index in [1.54, 1.807) is 21.8 Å². The fraction of sp³-hybridized carbons (Fsp3) is 0.412. The number of amides is 1. The van der Waals surface area contributed by atoms with Gasteiger partial charge in [0.15, 0.2) is 0 Å². The molecule has 1 aliphatic heterocycles. The van der Waals surface area contributed by atoms with Crippen LogP contribution >= 0.6 is 11.6 Å². The molecule has 0 spiro atoms. The van der Waals surface area contributed by atoms with Gasteiger partial charge in [0.2, 0.25) is 0 Å². The molecule has 2 heterocycles. The Morgan fingerprint density at radius 3 is 2.52 bits per heavy atom. The van der Waals surface area contributed by atoms with Crippen molar-refractivity contribution in [1.29, 1.82) is 0 Å². The van der Waals surface area contributed by atoms with Crippen LogP contribution in [0.25, 0.3) is 11.3 Å². The maximum absolute atomic E-state index is 12.7. The van der Waals surface area contributed by atoms with Crippen molar-refractivity contribution in [2.24, 2.45) is 0 Å². The molecule has 1 aromatic heterocycles. The molecule has 0 atom stereocenters. The highest BCUT2D eigenvalue weighted by Crippen LogP contribution is 2.32. The molecule has 0 bridgehead atoms. The van der Waals surface area contributed by atoms with Gasteiger partial charge in [0.1, 0.15) is 5.69 Å². The maximum Gasteiger partial charge on any atom is 0.257 e. The lowest BCUT2D eigenvalue weighted by Crippen LogP contribution is -2.53. The number of aliphatic hydroxyl groups is 1. The molecule has 0 unspecified atom stereocenters. The Morgan fingerprint density at radius 2 is 1.96 bits per heavy atom. The van der Waals surface area contributed by atoms with Crippen molar-refractivity contribution in [1.82, 2.24) is 14.7 Å². The highest BCUT2D eigenvalue weighted by Gasteiger charge is 2.33. The minimum Gasteiger partial charge on any atom is -0.389 e. The minimum absolute atomic E-state index is 0.124. The zero-order chi connectivity index (χ0) is 16.8. The van der Waals surface area contributed by atoms with Crippen molar-refractivity contribution < 1.29 is 9.90 Å². The summed E-state index contributed by atoms with van der Waals surface area (Å²) in [6.07, 6.45) is 1.34. The average molecular weight is 334 g/mol. The molecule has 1 fully saturated rings. The van der Waals surface area contributed by atoms with Crippen molar-refractivity contribution in [2.45, 2.75) is 32.4 Å². The number of rotatable bonds is 2. The van der Waals surface area contributed by atoms with Gasteiger partial charge in [-0.1, -0.05) is 29.8 Å². The Kier molecular flexibility index (Phi) is 3.94. The third-order valence-electron chi connectivity index (χ3n) is 3.91. The summed E-state index contributed by atoms with van der Waals surface area (Å²) >= 11 is 6.30. The molecule has 0 aliphatic carbocycles. The van der Waals surface area contributed by atoms with Crippen LogP contribution in [-0.2, 0) is 5.54 Å².